The van der Waals surface area contributed by atoms with Crippen molar-refractivity contribution in [2.45, 2.75) is 33.3 Å². The van der Waals surface area contributed by atoms with Gasteiger partial charge in [-0.25, -0.2) is 0 Å². The van der Waals surface area contributed by atoms with Crippen molar-refractivity contribution in [3.05, 3.63) is 24.3 Å². The SMILES string of the molecule is CCC(C)C(=O)N(CC)CC1COc2ccccc2O1. The first-order chi connectivity index (χ1) is 9.65. The van der Waals surface area contributed by atoms with Gasteiger partial charge in [0, 0.05) is 12.5 Å². The summed E-state index contributed by atoms with van der Waals surface area (Å²) in [5.41, 5.74) is 0. The Labute approximate surface area is 120 Å². The number of rotatable bonds is 5. The van der Waals surface area contributed by atoms with Crippen LogP contribution >= 0.6 is 0 Å². The van der Waals surface area contributed by atoms with Crippen molar-refractivity contribution in [2.75, 3.05) is 19.7 Å². The number of hydrogen-bond acceptors (Lipinski definition) is 3. The summed E-state index contributed by atoms with van der Waals surface area (Å²) in [7, 11) is 0. The molecule has 2 unspecified atom stereocenters. The largest absolute Gasteiger partial charge is 0.486 e. The van der Waals surface area contributed by atoms with E-state index in [4.69, 9.17) is 9.47 Å². The third-order valence-corrected chi connectivity index (χ3v) is 3.72. The van der Waals surface area contributed by atoms with Gasteiger partial charge in [0.1, 0.15) is 6.61 Å². The maximum absolute atomic E-state index is 12.3. The number of benzene rings is 1. The average molecular weight is 277 g/mol. The molecule has 0 N–H and O–H groups in total. The third-order valence-electron chi connectivity index (χ3n) is 3.72. The number of fused-ring (bicyclic) bond motifs is 1. The number of nitrogens with zero attached hydrogens (tertiary/aromatic N) is 1. The van der Waals surface area contributed by atoms with Gasteiger partial charge in [0.05, 0.1) is 6.54 Å². The van der Waals surface area contributed by atoms with E-state index in [2.05, 4.69) is 0 Å². The van der Waals surface area contributed by atoms with E-state index in [0.717, 1.165) is 17.9 Å². The van der Waals surface area contributed by atoms with Crippen molar-refractivity contribution in [3.8, 4) is 11.5 Å². The van der Waals surface area contributed by atoms with Crippen LogP contribution in [0.25, 0.3) is 0 Å². The molecular weight excluding hydrogens is 254 g/mol. The lowest BCUT2D eigenvalue weighted by Gasteiger charge is -2.32. The zero-order valence-corrected chi connectivity index (χ0v) is 12.5. The molecule has 2 atom stereocenters. The topological polar surface area (TPSA) is 38.8 Å². The molecule has 1 aliphatic heterocycles. The lowest BCUT2D eigenvalue weighted by molar-refractivity contribution is -0.136. The van der Waals surface area contributed by atoms with E-state index in [1.807, 2.05) is 49.9 Å². The van der Waals surface area contributed by atoms with E-state index in [1.54, 1.807) is 0 Å². The Morgan fingerprint density at radius 2 is 2.05 bits per heavy atom. The maximum atomic E-state index is 12.3. The number of ether oxygens (including phenoxy) is 2. The highest BCUT2D eigenvalue weighted by Crippen LogP contribution is 2.31. The molecule has 1 aromatic rings. The molecule has 1 heterocycles. The van der Waals surface area contributed by atoms with Crippen LogP contribution in [0.15, 0.2) is 24.3 Å². The first kappa shape index (κ1) is 14.7. The summed E-state index contributed by atoms with van der Waals surface area (Å²) < 4.78 is 11.6. The summed E-state index contributed by atoms with van der Waals surface area (Å²) in [5, 5.41) is 0. The third kappa shape index (κ3) is 3.24. The lowest BCUT2D eigenvalue weighted by atomic mass is 10.1. The molecule has 20 heavy (non-hydrogen) atoms. The van der Waals surface area contributed by atoms with Gasteiger partial charge in [-0.1, -0.05) is 26.0 Å². The first-order valence-corrected chi connectivity index (χ1v) is 7.33. The minimum absolute atomic E-state index is 0.0618. The van der Waals surface area contributed by atoms with Crippen LogP contribution in [0.2, 0.25) is 0 Å². The lowest BCUT2D eigenvalue weighted by Crippen LogP contribution is -2.45. The summed E-state index contributed by atoms with van der Waals surface area (Å²) >= 11 is 0. The molecule has 0 saturated carbocycles. The normalized spacial score (nSPS) is 18.4. The highest BCUT2D eigenvalue weighted by atomic mass is 16.6. The van der Waals surface area contributed by atoms with E-state index in [1.165, 1.54) is 0 Å². The van der Waals surface area contributed by atoms with Gasteiger partial charge in [0.15, 0.2) is 17.6 Å². The molecule has 110 valence electrons. The van der Waals surface area contributed by atoms with Crippen molar-refractivity contribution in [1.82, 2.24) is 4.90 Å². The fourth-order valence-corrected chi connectivity index (χ4v) is 2.26. The minimum atomic E-state index is -0.0992. The van der Waals surface area contributed by atoms with Gasteiger partial charge in [0.2, 0.25) is 5.91 Å². The molecule has 0 fully saturated rings. The minimum Gasteiger partial charge on any atom is -0.486 e. The van der Waals surface area contributed by atoms with Crippen LogP contribution in [0.3, 0.4) is 0 Å². The van der Waals surface area contributed by atoms with Crippen molar-refractivity contribution < 1.29 is 14.3 Å². The number of carbonyl (C=O) groups excluding carboxylic acids is 1. The molecule has 0 aromatic heterocycles. The van der Waals surface area contributed by atoms with E-state index in [9.17, 15) is 4.79 Å². The molecule has 0 radical (unpaired) electrons. The average Bonchev–Trinajstić information content (AvgIpc) is 2.50. The van der Waals surface area contributed by atoms with Gasteiger partial charge < -0.3 is 14.4 Å². The number of para-hydroxylation sites is 2. The molecule has 1 amide bonds. The number of amides is 1. The van der Waals surface area contributed by atoms with Gasteiger partial charge in [-0.3, -0.25) is 4.79 Å². The Balaban J connectivity index is 1.98. The highest BCUT2D eigenvalue weighted by molar-refractivity contribution is 5.78. The monoisotopic (exact) mass is 277 g/mol. The molecule has 0 saturated heterocycles. The van der Waals surface area contributed by atoms with Gasteiger partial charge in [-0.2, -0.15) is 0 Å². The number of hydrogen-bond donors (Lipinski definition) is 0. The van der Waals surface area contributed by atoms with E-state index < -0.39 is 0 Å². The van der Waals surface area contributed by atoms with Crippen molar-refractivity contribution >= 4 is 5.91 Å². The molecule has 4 nitrogen and oxygen atoms in total. The second-order valence-electron chi connectivity index (χ2n) is 5.18. The molecular formula is C16H23NO3. The predicted octanol–water partition coefficient (Wildman–Crippen LogP) is 2.72. The molecule has 2 rings (SSSR count). The summed E-state index contributed by atoms with van der Waals surface area (Å²) in [4.78, 5) is 14.1. The predicted molar refractivity (Wildman–Crippen MR) is 78.1 cm³/mol. The molecule has 0 aliphatic carbocycles. The first-order valence-electron chi connectivity index (χ1n) is 7.33. The van der Waals surface area contributed by atoms with Crippen LogP contribution in [-0.4, -0.2) is 36.6 Å². The quantitative estimate of drug-likeness (QED) is 0.830. The van der Waals surface area contributed by atoms with Crippen molar-refractivity contribution in [1.29, 1.82) is 0 Å². The van der Waals surface area contributed by atoms with Crippen molar-refractivity contribution in [2.24, 2.45) is 5.92 Å². The van der Waals surface area contributed by atoms with E-state index in [-0.39, 0.29) is 17.9 Å². The van der Waals surface area contributed by atoms with Crippen molar-refractivity contribution in [3.63, 3.8) is 0 Å². The molecule has 0 bridgehead atoms. The van der Waals surface area contributed by atoms with Crippen LogP contribution in [-0.2, 0) is 4.79 Å². The Kier molecular flexibility index (Phi) is 4.88. The van der Waals surface area contributed by atoms with Gasteiger partial charge in [-0.05, 0) is 25.5 Å². The molecule has 0 spiro atoms. The van der Waals surface area contributed by atoms with Gasteiger partial charge in [0.25, 0.3) is 0 Å². The Hall–Kier alpha value is -1.71. The zero-order chi connectivity index (χ0) is 14.5. The summed E-state index contributed by atoms with van der Waals surface area (Å²) in [6.07, 6.45) is 0.762. The summed E-state index contributed by atoms with van der Waals surface area (Å²) in [5.74, 6) is 1.79. The van der Waals surface area contributed by atoms with Crippen LogP contribution in [0.5, 0.6) is 11.5 Å². The number of likely N-dealkylation sites (N-methyl/N-ethyl adjacent to an activating group) is 1. The fourth-order valence-electron chi connectivity index (χ4n) is 2.26. The number of carbonyl (C=O) groups is 1. The maximum Gasteiger partial charge on any atom is 0.225 e. The second kappa shape index (κ2) is 6.64. The van der Waals surface area contributed by atoms with E-state index >= 15 is 0 Å². The molecule has 4 heteroatoms. The van der Waals surface area contributed by atoms with Crippen LogP contribution in [0.1, 0.15) is 27.2 Å². The van der Waals surface area contributed by atoms with Crippen LogP contribution in [0.4, 0.5) is 0 Å². The standard InChI is InChI=1S/C16H23NO3/c1-4-12(3)16(18)17(5-2)10-13-11-19-14-8-6-7-9-15(14)20-13/h6-9,12-13H,4-5,10-11H2,1-3H3. The highest BCUT2D eigenvalue weighted by Gasteiger charge is 2.26. The van der Waals surface area contributed by atoms with Gasteiger partial charge in [-0.15, -0.1) is 0 Å². The fraction of sp³-hybridized carbons (Fsp3) is 0.562. The van der Waals surface area contributed by atoms with Crippen LogP contribution < -0.4 is 9.47 Å². The summed E-state index contributed by atoms with van der Waals surface area (Å²) in [6.45, 7) is 7.77. The van der Waals surface area contributed by atoms with Gasteiger partial charge >= 0.3 is 0 Å². The zero-order valence-electron chi connectivity index (χ0n) is 12.5. The smallest absolute Gasteiger partial charge is 0.225 e. The Morgan fingerprint density at radius 1 is 1.35 bits per heavy atom. The van der Waals surface area contributed by atoms with E-state index in [0.29, 0.717) is 19.7 Å². The summed E-state index contributed by atoms with van der Waals surface area (Å²) in [6, 6.07) is 7.64. The Bertz CT molecular complexity index is 461. The van der Waals surface area contributed by atoms with Crippen LogP contribution in [0, 0.1) is 5.92 Å². The molecule has 1 aliphatic rings. The molecule has 1 aromatic carbocycles. The second-order valence-corrected chi connectivity index (χ2v) is 5.18. The Morgan fingerprint density at radius 3 is 2.70 bits per heavy atom.